The van der Waals surface area contributed by atoms with E-state index in [4.69, 9.17) is 4.74 Å². The lowest BCUT2D eigenvalue weighted by atomic mass is 10.1. The van der Waals surface area contributed by atoms with Gasteiger partial charge in [0.15, 0.2) is 0 Å². The van der Waals surface area contributed by atoms with Gasteiger partial charge in [-0.15, -0.1) is 0 Å². The molecule has 4 heteroatoms. The van der Waals surface area contributed by atoms with E-state index in [2.05, 4.69) is 17.3 Å². The van der Waals surface area contributed by atoms with Crippen molar-refractivity contribution in [1.29, 1.82) is 0 Å². The molecule has 17 heavy (non-hydrogen) atoms. The topological polar surface area (TPSA) is 41.6 Å². The minimum atomic E-state index is -0.407. The molecule has 100 valence electrons. The van der Waals surface area contributed by atoms with Crippen molar-refractivity contribution >= 4 is 6.09 Å². The number of hydrogen-bond donors (Lipinski definition) is 1. The Balaban J connectivity index is 2.06. The molecule has 1 unspecified atom stereocenters. The molecule has 1 rings (SSSR count). The molecule has 4 nitrogen and oxygen atoms in total. The van der Waals surface area contributed by atoms with Crippen LogP contribution in [0, 0.1) is 0 Å². The number of rotatable bonds is 4. The zero-order chi connectivity index (χ0) is 12.9. The highest BCUT2D eigenvalue weighted by Gasteiger charge is 2.20. The van der Waals surface area contributed by atoms with Gasteiger partial charge >= 0.3 is 6.09 Å². The third kappa shape index (κ3) is 5.91. The van der Waals surface area contributed by atoms with Crippen molar-refractivity contribution in [2.24, 2.45) is 0 Å². The van der Waals surface area contributed by atoms with Crippen LogP contribution in [0.3, 0.4) is 0 Å². The molecule has 0 aliphatic carbocycles. The van der Waals surface area contributed by atoms with Crippen molar-refractivity contribution in [1.82, 2.24) is 10.2 Å². The lowest BCUT2D eigenvalue weighted by molar-refractivity contribution is 0.0526. The maximum atomic E-state index is 11.4. The average Bonchev–Trinajstić information content (AvgIpc) is 2.56. The maximum Gasteiger partial charge on any atom is 0.407 e. The molecule has 1 amide bonds. The molecule has 0 aromatic heterocycles. The molecular weight excluding hydrogens is 216 g/mol. The van der Waals surface area contributed by atoms with Gasteiger partial charge in [0.05, 0.1) is 0 Å². The summed E-state index contributed by atoms with van der Waals surface area (Å²) in [5.41, 5.74) is -0.407. The van der Waals surface area contributed by atoms with Gasteiger partial charge in [-0.05, 0) is 60.0 Å². The van der Waals surface area contributed by atoms with E-state index in [-0.39, 0.29) is 6.09 Å². The fourth-order valence-corrected chi connectivity index (χ4v) is 2.19. The van der Waals surface area contributed by atoms with Crippen LogP contribution in [-0.4, -0.2) is 42.8 Å². The zero-order valence-corrected chi connectivity index (χ0v) is 11.6. The van der Waals surface area contributed by atoms with E-state index in [1.165, 1.54) is 19.4 Å². The quantitative estimate of drug-likeness (QED) is 0.770. The monoisotopic (exact) mass is 242 g/mol. The number of nitrogens with one attached hydrogen (secondary N) is 1. The Morgan fingerprint density at radius 2 is 2.18 bits per heavy atom. The molecule has 0 spiro atoms. The van der Waals surface area contributed by atoms with Gasteiger partial charge < -0.3 is 15.0 Å². The summed E-state index contributed by atoms with van der Waals surface area (Å²) in [5.74, 6) is 0. The molecule has 0 radical (unpaired) electrons. The van der Waals surface area contributed by atoms with E-state index in [0.29, 0.717) is 12.6 Å². The van der Waals surface area contributed by atoms with Crippen LogP contribution in [0.5, 0.6) is 0 Å². The molecule has 0 aromatic rings. The van der Waals surface area contributed by atoms with Gasteiger partial charge in [-0.1, -0.05) is 0 Å². The zero-order valence-electron chi connectivity index (χ0n) is 11.6. The van der Waals surface area contributed by atoms with Crippen molar-refractivity contribution < 1.29 is 9.53 Å². The molecule has 1 atom stereocenters. The smallest absolute Gasteiger partial charge is 0.407 e. The first-order valence-corrected chi connectivity index (χ1v) is 6.55. The molecule has 0 bridgehead atoms. The number of amides is 1. The van der Waals surface area contributed by atoms with E-state index in [1.807, 2.05) is 20.8 Å². The van der Waals surface area contributed by atoms with Crippen molar-refractivity contribution in [3.63, 3.8) is 0 Å². The highest BCUT2D eigenvalue weighted by Crippen LogP contribution is 2.18. The van der Waals surface area contributed by atoms with Crippen LogP contribution >= 0.6 is 0 Å². The van der Waals surface area contributed by atoms with E-state index in [1.54, 1.807) is 0 Å². The number of carbonyl (C=O) groups excluding carboxylic acids is 1. The Bertz CT molecular complexity index is 248. The lowest BCUT2D eigenvalue weighted by Gasteiger charge is -2.21. The summed E-state index contributed by atoms with van der Waals surface area (Å²) >= 11 is 0. The lowest BCUT2D eigenvalue weighted by Crippen LogP contribution is -2.33. The first kappa shape index (κ1) is 14.3. The minimum Gasteiger partial charge on any atom is -0.444 e. The molecule has 0 aromatic carbocycles. The standard InChI is InChI=1S/C13H26N2O2/c1-13(2,3)17-12(16)14-9-5-7-11-8-6-10-15(11)4/h11H,5-10H2,1-4H3,(H,14,16). The number of carbonyl (C=O) groups is 1. The Hall–Kier alpha value is -0.770. The van der Waals surface area contributed by atoms with Crippen molar-refractivity contribution in [2.75, 3.05) is 20.1 Å². The second kappa shape index (κ2) is 6.24. The fraction of sp³-hybridized carbons (Fsp3) is 0.923. The first-order chi connectivity index (χ1) is 7.88. The summed E-state index contributed by atoms with van der Waals surface area (Å²) in [4.78, 5) is 13.8. The number of nitrogens with zero attached hydrogens (tertiary/aromatic N) is 1. The molecule has 1 aliphatic rings. The molecule has 0 saturated carbocycles. The Morgan fingerprint density at radius 1 is 1.47 bits per heavy atom. The first-order valence-electron chi connectivity index (χ1n) is 6.55. The Morgan fingerprint density at radius 3 is 2.71 bits per heavy atom. The van der Waals surface area contributed by atoms with Gasteiger partial charge in [-0.3, -0.25) is 0 Å². The van der Waals surface area contributed by atoms with E-state index in [0.717, 1.165) is 12.8 Å². The number of ether oxygens (including phenoxy) is 1. The molecule has 1 N–H and O–H groups in total. The van der Waals surface area contributed by atoms with Crippen molar-refractivity contribution in [3.8, 4) is 0 Å². The average molecular weight is 242 g/mol. The number of likely N-dealkylation sites (tertiary alicyclic amines) is 1. The summed E-state index contributed by atoms with van der Waals surface area (Å²) in [7, 11) is 2.18. The minimum absolute atomic E-state index is 0.308. The summed E-state index contributed by atoms with van der Waals surface area (Å²) in [5, 5.41) is 2.80. The Labute approximate surface area is 105 Å². The van der Waals surface area contributed by atoms with E-state index < -0.39 is 5.60 Å². The number of alkyl carbamates (subject to hydrolysis) is 1. The van der Waals surface area contributed by atoms with Crippen LogP contribution in [-0.2, 0) is 4.74 Å². The molecular formula is C13H26N2O2. The van der Waals surface area contributed by atoms with Crippen LogP contribution in [0.15, 0.2) is 0 Å². The predicted octanol–water partition coefficient (Wildman–Crippen LogP) is 2.39. The molecule has 1 heterocycles. The third-order valence-corrected chi connectivity index (χ3v) is 3.05. The van der Waals surface area contributed by atoms with Crippen LogP contribution in [0.4, 0.5) is 4.79 Å². The van der Waals surface area contributed by atoms with Crippen LogP contribution in [0.1, 0.15) is 46.5 Å². The van der Waals surface area contributed by atoms with Crippen LogP contribution in [0.25, 0.3) is 0 Å². The van der Waals surface area contributed by atoms with Gasteiger partial charge in [-0.2, -0.15) is 0 Å². The highest BCUT2D eigenvalue weighted by atomic mass is 16.6. The van der Waals surface area contributed by atoms with Crippen molar-refractivity contribution in [3.05, 3.63) is 0 Å². The van der Waals surface area contributed by atoms with Gasteiger partial charge in [-0.25, -0.2) is 4.79 Å². The van der Waals surface area contributed by atoms with Crippen molar-refractivity contribution in [2.45, 2.75) is 58.1 Å². The summed E-state index contributed by atoms with van der Waals surface area (Å²) in [6, 6.07) is 0.704. The van der Waals surface area contributed by atoms with Crippen LogP contribution < -0.4 is 5.32 Å². The third-order valence-electron chi connectivity index (χ3n) is 3.05. The summed E-state index contributed by atoms with van der Waals surface area (Å²) < 4.78 is 5.17. The normalized spacial score (nSPS) is 21.5. The Kier molecular flexibility index (Phi) is 5.25. The van der Waals surface area contributed by atoms with Gasteiger partial charge in [0.25, 0.3) is 0 Å². The summed E-state index contributed by atoms with van der Waals surface area (Å²) in [6.45, 7) is 7.55. The van der Waals surface area contributed by atoms with Gasteiger partial charge in [0, 0.05) is 12.6 Å². The highest BCUT2D eigenvalue weighted by molar-refractivity contribution is 5.67. The second-order valence-electron chi connectivity index (χ2n) is 5.85. The van der Waals surface area contributed by atoms with Crippen LogP contribution in [0.2, 0.25) is 0 Å². The van der Waals surface area contributed by atoms with Gasteiger partial charge in [0.1, 0.15) is 5.60 Å². The SMILES string of the molecule is CN1CCCC1CCCNC(=O)OC(C)(C)C. The maximum absolute atomic E-state index is 11.4. The molecule has 1 saturated heterocycles. The second-order valence-corrected chi connectivity index (χ2v) is 5.85. The molecule has 1 fully saturated rings. The van der Waals surface area contributed by atoms with E-state index >= 15 is 0 Å². The van der Waals surface area contributed by atoms with E-state index in [9.17, 15) is 4.79 Å². The number of hydrogen-bond acceptors (Lipinski definition) is 3. The molecule has 1 aliphatic heterocycles. The summed E-state index contributed by atoms with van der Waals surface area (Å²) in [6.07, 6.45) is 4.47. The predicted molar refractivity (Wildman–Crippen MR) is 69.1 cm³/mol. The fourth-order valence-electron chi connectivity index (χ4n) is 2.19. The van der Waals surface area contributed by atoms with Gasteiger partial charge in [0.2, 0.25) is 0 Å². The largest absolute Gasteiger partial charge is 0.444 e.